The van der Waals surface area contributed by atoms with Crippen molar-refractivity contribution in [2.45, 2.75) is 24.3 Å². The Morgan fingerprint density at radius 3 is 2.73 bits per heavy atom. The quantitative estimate of drug-likeness (QED) is 0.779. The zero-order valence-electron chi connectivity index (χ0n) is 12.4. The Kier molecular flexibility index (Phi) is 6.11. The number of anilines is 1. The van der Waals surface area contributed by atoms with Gasteiger partial charge in [0.25, 0.3) is 0 Å². The molecule has 2 rings (SSSR count). The topological polar surface area (TPSA) is 57.2 Å². The second kappa shape index (κ2) is 8.30. The number of nitrogens with zero attached hydrogens (tertiary/aromatic N) is 2. The highest BCUT2D eigenvalue weighted by Crippen LogP contribution is 2.23. The number of amides is 1. The van der Waals surface area contributed by atoms with Crippen LogP contribution in [0, 0.1) is 11.3 Å². The van der Waals surface area contributed by atoms with Gasteiger partial charge < -0.3 is 9.32 Å². The minimum absolute atomic E-state index is 0.0120. The molecule has 5 heteroatoms. The number of para-hydroxylation sites is 1. The number of rotatable bonds is 7. The molecule has 1 aromatic heterocycles. The van der Waals surface area contributed by atoms with Gasteiger partial charge in [0.05, 0.1) is 29.8 Å². The minimum atomic E-state index is -0.205. The van der Waals surface area contributed by atoms with Crippen LogP contribution in [-0.2, 0) is 10.5 Å². The summed E-state index contributed by atoms with van der Waals surface area (Å²) in [5.74, 6) is 1.52. The summed E-state index contributed by atoms with van der Waals surface area (Å²) in [6.45, 7) is 2.29. The number of furan rings is 1. The Labute approximate surface area is 134 Å². The van der Waals surface area contributed by atoms with Gasteiger partial charge in [0.1, 0.15) is 5.76 Å². The number of hydrogen-bond donors (Lipinski definition) is 0. The van der Waals surface area contributed by atoms with Crippen LogP contribution in [0.15, 0.2) is 53.1 Å². The van der Waals surface area contributed by atoms with E-state index < -0.39 is 0 Å². The monoisotopic (exact) mass is 314 g/mol. The molecular formula is C17H18N2O2S. The first-order valence-electron chi connectivity index (χ1n) is 7.09. The van der Waals surface area contributed by atoms with Gasteiger partial charge >= 0.3 is 0 Å². The van der Waals surface area contributed by atoms with Gasteiger partial charge in [0.2, 0.25) is 5.91 Å². The zero-order chi connectivity index (χ0) is 15.8. The molecule has 2 aromatic rings. The number of thioether (sulfide) groups is 1. The van der Waals surface area contributed by atoms with Gasteiger partial charge in [-0.3, -0.25) is 4.79 Å². The first-order chi connectivity index (χ1) is 10.7. The van der Waals surface area contributed by atoms with Crippen molar-refractivity contribution in [3.63, 3.8) is 0 Å². The molecule has 0 aliphatic carbocycles. The van der Waals surface area contributed by atoms with Crippen molar-refractivity contribution >= 4 is 23.4 Å². The van der Waals surface area contributed by atoms with Crippen LogP contribution in [-0.4, -0.2) is 17.7 Å². The summed E-state index contributed by atoms with van der Waals surface area (Å²) < 4.78 is 5.28. The number of carbonyl (C=O) groups excluding carboxylic acids is 1. The van der Waals surface area contributed by atoms with Gasteiger partial charge in [-0.25, -0.2) is 0 Å². The third kappa shape index (κ3) is 4.40. The summed E-state index contributed by atoms with van der Waals surface area (Å²) in [7, 11) is 0. The first kappa shape index (κ1) is 16.2. The van der Waals surface area contributed by atoms with E-state index in [4.69, 9.17) is 9.68 Å². The van der Waals surface area contributed by atoms with Gasteiger partial charge in [-0.2, -0.15) is 5.26 Å². The fourth-order valence-electron chi connectivity index (χ4n) is 2.03. The van der Waals surface area contributed by atoms with Gasteiger partial charge in [-0.1, -0.05) is 18.2 Å². The van der Waals surface area contributed by atoms with E-state index in [1.807, 2.05) is 49.4 Å². The van der Waals surface area contributed by atoms with Crippen LogP contribution in [0.3, 0.4) is 0 Å². The van der Waals surface area contributed by atoms with Gasteiger partial charge in [-0.15, -0.1) is 11.8 Å². The third-order valence-electron chi connectivity index (χ3n) is 3.18. The summed E-state index contributed by atoms with van der Waals surface area (Å²) >= 11 is 1.53. The van der Waals surface area contributed by atoms with E-state index in [-0.39, 0.29) is 11.2 Å². The van der Waals surface area contributed by atoms with Crippen LogP contribution in [0.4, 0.5) is 5.69 Å². The van der Waals surface area contributed by atoms with E-state index >= 15 is 0 Å². The van der Waals surface area contributed by atoms with E-state index in [0.717, 1.165) is 11.4 Å². The number of benzene rings is 1. The van der Waals surface area contributed by atoms with Gasteiger partial charge in [-0.05, 0) is 31.2 Å². The molecule has 0 spiro atoms. The molecule has 0 N–H and O–H groups in total. The normalized spacial score (nSPS) is 11.6. The van der Waals surface area contributed by atoms with E-state index in [1.165, 1.54) is 11.8 Å². The number of hydrogen-bond acceptors (Lipinski definition) is 4. The van der Waals surface area contributed by atoms with Crippen LogP contribution in [0.2, 0.25) is 0 Å². The lowest BCUT2D eigenvalue weighted by molar-refractivity contribution is -0.117. The fourth-order valence-corrected chi connectivity index (χ4v) is 2.88. The Hall–Kier alpha value is -2.19. The maximum atomic E-state index is 12.7. The molecule has 0 aliphatic heterocycles. The SMILES string of the molecule is CC(SCc1ccco1)C(=O)N(CCC#N)c1ccccc1. The molecule has 1 aromatic carbocycles. The van der Waals surface area contributed by atoms with Crippen LogP contribution in [0.5, 0.6) is 0 Å². The number of carbonyl (C=O) groups is 1. The Balaban J connectivity index is 2.02. The van der Waals surface area contributed by atoms with E-state index in [1.54, 1.807) is 11.2 Å². The largest absolute Gasteiger partial charge is 0.468 e. The number of nitriles is 1. The summed E-state index contributed by atoms with van der Waals surface area (Å²) in [6, 6.07) is 15.3. The van der Waals surface area contributed by atoms with Crippen LogP contribution in [0.25, 0.3) is 0 Å². The molecule has 0 radical (unpaired) electrons. The fraction of sp³-hybridized carbons (Fsp3) is 0.294. The van der Waals surface area contributed by atoms with Crippen molar-refractivity contribution in [2.24, 2.45) is 0 Å². The molecule has 0 saturated carbocycles. The highest BCUT2D eigenvalue weighted by atomic mass is 32.2. The standard InChI is InChI=1S/C17H18N2O2S/c1-14(22-13-16-9-5-12-21-16)17(20)19(11-6-10-18)15-7-3-2-4-8-15/h2-5,7-9,12,14H,6,11,13H2,1H3. The smallest absolute Gasteiger partial charge is 0.239 e. The molecule has 0 saturated heterocycles. The summed E-state index contributed by atoms with van der Waals surface area (Å²) in [5.41, 5.74) is 0.827. The van der Waals surface area contributed by atoms with Crippen LogP contribution in [0.1, 0.15) is 19.1 Å². The summed E-state index contributed by atoms with van der Waals surface area (Å²) in [6.07, 6.45) is 1.95. The maximum Gasteiger partial charge on any atom is 0.239 e. The first-order valence-corrected chi connectivity index (χ1v) is 8.14. The molecule has 0 bridgehead atoms. The Morgan fingerprint density at radius 1 is 1.32 bits per heavy atom. The predicted octanol–water partition coefficient (Wildman–Crippen LogP) is 3.85. The minimum Gasteiger partial charge on any atom is -0.468 e. The van der Waals surface area contributed by atoms with Crippen molar-refractivity contribution in [1.82, 2.24) is 0 Å². The second-order valence-corrected chi connectivity index (χ2v) is 6.10. The molecule has 0 aliphatic rings. The molecule has 0 fully saturated rings. The average Bonchev–Trinajstić information content (AvgIpc) is 3.07. The molecule has 1 unspecified atom stereocenters. The van der Waals surface area contributed by atoms with Crippen LogP contribution >= 0.6 is 11.8 Å². The molecule has 4 nitrogen and oxygen atoms in total. The molecular weight excluding hydrogens is 296 g/mol. The van der Waals surface area contributed by atoms with Crippen molar-refractivity contribution < 1.29 is 9.21 Å². The van der Waals surface area contributed by atoms with Crippen molar-refractivity contribution in [3.05, 3.63) is 54.5 Å². The molecule has 22 heavy (non-hydrogen) atoms. The zero-order valence-corrected chi connectivity index (χ0v) is 13.3. The van der Waals surface area contributed by atoms with Crippen molar-refractivity contribution in [3.8, 4) is 6.07 Å². The van der Waals surface area contributed by atoms with E-state index in [2.05, 4.69) is 6.07 Å². The van der Waals surface area contributed by atoms with E-state index in [9.17, 15) is 4.79 Å². The molecule has 114 valence electrons. The van der Waals surface area contributed by atoms with Crippen molar-refractivity contribution in [1.29, 1.82) is 5.26 Å². The lowest BCUT2D eigenvalue weighted by Crippen LogP contribution is -2.37. The Morgan fingerprint density at radius 2 is 2.09 bits per heavy atom. The maximum absolute atomic E-state index is 12.7. The van der Waals surface area contributed by atoms with Gasteiger partial charge in [0.15, 0.2) is 0 Å². The van der Waals surface area contributed by atoms with Crippen molar-refractivity contribution in [2.75, 3.05) is 11.4 Å². The van der Waals surface area contributed by atoms with E-state index in [0.29, 0.717) is 18.7 Å². The highest BCUT2D eigenvalue weighted by molar-refractivity contribution is 7.99. The molecule has 1 amide bonds. The second-order valence-electron chi connectivity index (χ2n) is 4.77. The third-order valence-corrected chi connectivity index (χ3v) is 4.34. The lowest BCUT2D eigenvalue weighted by atomic mass is 10.2. The molecule has 1 atom stereocenters. The highest BCUT2D eigenvalue weighted by Gasteiger charge is 2.22. The summed E-state index contributed by atoms with van der Waals surface area (Å²) in [5, 5.41) is 8.60. The molecule has 1 heterocycles. The lowest BCUT2D eigenvalue weighted by Gasteiger charge is -2.24. The Bertz CT molecular complexity index is 620. The van der Waals surface area contributed by atoms with Crippen LogP contribution < -0.4 is 4.90 Å². The average molecular weight is 314 g/mol. The predicted molar refractivity (Wildman–Crippen MR) is 88.5 cm³/mol. The van der Waals surface area contributed by atoms with Gasteiger partial charge in [0, 0.05) is 12.2 Å². The summed E-state index contributed by atoms with van der Waals surface area (Å²) in [4.78, 5) is 14.4.